The molecule has 1 fully saturated rings. The van der Waals surface area contributed by atoms with Crippen molar-refractivity contribution in [2.24, 2.45) is 5.41 Å². The van der Waals surface area contributed by atoms with Crippen molar-refractivity contribution in [3.05, 3.63) is 29.8 Å². The number of para-hydroxylation sites is 1. The SMILES string of the molecule is OCC1(CN2CCCc3ccccc32)CCOCC1. The van der Waals surface area contributed by atoms with Gasteiger partial charge in [0.1, 0.15) is 0 Å². The minimum Gasteiger partial charge on any atom is -0.396 e. The number of hydrogen-bond acceptors (Lipinski definition) is 3. The van der Waals surface area contributed by atoms with Crippen LogP contribution in [0.3, 0.4) is 0 Å². The predicted molar refractivity (Wildman–Crippen MR) is 76.5 cm³/mol. The van der Waals surface area contributed by atoms with E-state index in [4.69, 9.17) is 4.74 Å². The highest BCUT2D eigenvalue weighted by atomic mass is 16.5. The molecule has 3 rings (SSSR count). The lowest BCUT2D eigenvalue weighted by molar-refractivity contribution is -0.0119. The number of aryl methyl sites for hydroxylation is 1. The molecule has 1 aromatic carbocycles. The fourth-order valence-electron chi connectivity index (χ4n) is 3.35. The van der Waals surface area contributed by atoms with Crippen LogP contribution < -0.4 is 4.90 Å². The van der Waals surface area contributed by atoms with Gasteiger partial charge in [-0.1, -0.05) is 18.2 Å². The van der Waals surface area contributed by atoms with Gasteiger partial charge in [-0.15, -0.1) is 0 Å². The maximum Gasteiger partial charge on any atom is 0.0506 e. The Morgan fingerprint density at radius 2 is 2.00 bits per heavy atom. The third-order valence-electron chi connectivity index (χ3n) is 4.62. The summed E-state index contributed by atoms with van der Waals surface area (Å²) in [5.41, 5.74) is 2.85. The van der Waals surface area contributed by atoms with Crippen LogP contribution in [-0.4, -0.2) is 38.0 Å². The molecule has 2 heterocycles. The second-order valence-electron chi connectivity index (χ2n) is 5.92. The van der Waals surface area contributed by atoms with Crippen molar-refractivity contribution in [3.63, 3.8) is 0 Å². The third-order valence-corrected chi connectivity index (χ3v) is 4.62. The summed E-state index contributed by atoms with van der Waals surface area (Å²) in [4.78, 5) is 2.47. The first-order valence-corrected chi connectivity index (χ1v) is 7.34. The first-order valence-electron chi connectivity index (χ1n) is 7.34. The van der Waals surface area contributed by atoms with E-state index in [-0.39, 0.29) is 12.0 Å². The fraction of sp³-hybridized carbons (Fsp3) is 0.625. The van der Waals surface area contributed by atoms with Gasteiger partial charge in [-0.25, -0.2) is 0 Å². The van der Waals surface area contributed by atoms with Crippen molar-refractivity contribution in [3.8, 4) is 0 Å². The first kappa shape index (κ1) is 12.9. The average molecular weight is 261 g/mol. The topological polar surface area (TPSA) is 32.7 Å². The lowest BCUT2D eigenvalue weighted by Crippen LogP contribution is -2.45. The lowest BCUT2D eigenvalue weighted by atomic mass is 9.80. The number of ether oxygens (including phenoxy) is 1. The highest BCUT2D eigenvalue weighted by molar-refractivity contribution is 5.55. The minimum absolute atomic E-state index is 0.0305. The summed E-state index contributed by atoms with van der Waals surface area (Å²) in [7, 11) is 0. The molecule has 0 amide bonds. The molecule has 2 aliphatic heterocycles. The van der Waals surface area contributed by atoms with Crippen LogP contribution in [0, 0.1) is 5.41 Å². The molecule has 1 aromatic rings. The molecule has 0 aromatic heterocycles. The zero-order chi connectivity index (χ0) is 13.1. The number of benzene rings is 1. The molecule has 19 heavy (non-hydrogen) atoms. The monoisotopic (exact) mass is 261 g/mol. The molecule has 1 N–H and O–H groups in total. The standard InChI is InChI=1S/C16H23NO2/c18-13-16(7-10-19-11-8-16)12-17-9-3-5-14-4-1-2-6-15(14)17/h1-2,4,6,18H,3,5,7-13H2. The van der Waals surface area contributed by atoms with Crippen LogP contribution in [0.25, 0.3) is 0 Å². The molecule has 1 saturated heterocycles. The van der Waals surface area contributed by atoms with Crippen LogP contribution in [0.4, 0.5) is 5.69 Å². The second-order valence-corrected chi connectivity index (χ2v) is 5.92. The van der Waals surface area contributed by atoms with Gasteiger partial charge in [0.15, 0.2) is 0 Å². The number of hydrogen-bond donors (Lipinski definition) is 1. The van der Waals surface area contributed by atoms with Crippen molar-refractivity contribution in [1.82, 2.24) is 0 Å². The van der Waals surface area contributed by atoms with E-state index in [0.717, 1.165) is 39.1 Å². The van der Waals surface area contributed by atoms with Gasteiger partial charge in [-0.3, -0.25) is 0 Å². The number of aliphatic hydroxyl groups excluding tert-OH is 1. The Morgan fingerprint density at radius 1 is 1.21 bits per heavy atom. The van der Waals surface area contributed by atoms with Crippen molar-refractivity contribution in [2.45, 2.75) is 25.7 Å². The summed E-state index contributed by atoms with van der Waals surface area (Å²) in [6, 6.07) is 8.70. The quantitative estimate of drug-likeness (QED) is 0.905. The Morgan fingerprint density at radius 3 is 2.79 bits per heavy atom. The lowest BCUT2D eigenvalue weighted by Gasteiger charge is -2.42. The van der Waals surface area contributed by atoms with E-state index < -0.39 is 0 Å². The summed E-state index contributed by atoms with van der Waals surface area (Å²) in [6.45, 7) is 3.92. The largest absolute Gasteiger partial charge is 0.396 e. The Labute approximate surface area is 115 Å². The Kier molecular flexibility index (Phi) is 3.76. The number of fused-ring (bicyclic) bond motifs is 1. The molecule has 0 unspecified atom stereocenters. The van der Waals surface area contributed by atoms with Crippen LogP contribution in [-0.2, 0) is 11.2 Å². The van der Waals surface area contributed by atoms with E-state index >= 15 is 0 Å². The van der Waals surface area contributed by atoms with Gasteiger partial charge in [0, 0.05) is 37.4 Å². The summed E-state index contributed by atoms with van der Waals surface area (Å²) < 4.78 is 5.46. The van der Waals surface area contributed by atoms with Crippen molar-refractivity contribution in [2.75, 3.05) is 37.8 Å². The summed E-state index contributed by atoms with van der Waals surface area (Å²) >= 11 is 0. The molecule has 2 aliphatic rings. The summed E-state index contributed by atoms with van der Waals surface area (Å²) in [5.74, 6) is 0. The minimum atomic E-state index is 0.0305. The van der Waals surface area contributed by atoms with E-state index in [9.17, 15) is 5.11 Å². The maximum absolute atomic E-state index is 9.84. The number of nitrogens with zero attached hydrogens (tertiary/aromatic N) is 1. The van der Waals surface area contributed by atoms with Gasteiger partial charge in [0.2, 0.25) is 0 Å². The van der Waals surface area contributed by atoms with Gasteiger partial charge in [-0.05, 0) is 37.3 Å². The van der Waals surface area contributed by atoms with E-state index in [0.29, 0.717) is 0 Å². The Bertz CT molecular complexity index is 427. The molecule has 104 valence electrons. The van der Waals surface area contributed by atoms with Crippen LogP contribution in [0.2, 0.25) is 0 Å². The number of rotatable bonds is 3. The van der Waals surface area contributed by atoms with Gasteiger partial charge < -0.3 is 14.7 Å². The normalized spacial score (nSPS) is 22.1. The number of aliphatic hydroxyl groups is 1. The summed E-state index contributed by atoms with van der Waals surface area (Å²) in [5, 5.41) is 9.84. The van der Waals surface area contributed by atoms with E-state index in [1.54, 1.807) is 0 Å². The molecule has 3 nitrogen and oxygen atoms in total. The molecular weight excluding hydrogens is 238 g/mol. The van der Waals surface area contributed by atoms with Crippen molar-refractivity contribution >= 4 is 5.69 Å². The maximum atomic E-state index is 9.84. The zero-order valence-electron chi connectivity index (χ0n) is 11.5. The highest BCUT2D eigenvalue weighted by Crippen LogP contribution is 2.35. The van der Waals surface area contributed by atoms with Gasteiger partial charge in [0.05, 0.1) is 6.61 Å². The molecule has 0 saturated carbocycles. The molecule has 3 heteroatoms. The van der Waals surface area contributed by atoms with E-state index in [1.165, 1.54) is 24.1 Å². The summed E-state index contributed by atoms with van der Waals surface area (Å²) in [6.07, 6.45) is 4.35. The Balaban J connectivity index is 1.79. The average Bonchev–Trinajstić information content (AvgIpc) is 2.49. The smallest absolute Gasteiger partial charge is 0.0506 e. The van der Waals surface area contributed by atoms with E-state index in [1.807, 2.05) is 0 Å². The first-order chi connectivity index (χ1) is 9.33. The molecule has 0 bridgehead atoms. The molecule has 0 aliphatic carbocycles. The van der Waals surface area contributed by atoms with Crippen molar-refractivity contribution in [1.29, 1.82) is 0 Å². The second kappa shape index (κ2) is 5.51. The Hall–Kier alpha value is -1.06. The van der Waals surface area contributed by atoms with Crippen LogP contribution >= 0.6 is 0 Å². The predicted octanol–water partition coefficient (Wildman–Crippen LogP) is 2.23. The van der Waals surface area contributed by atoms with Gasteiger partial charge in [-0.2, -0.15) is 0 Å². The zero-order valence-corrected chi connectivity index (χ0v) is 11.5. The molecular formula is C16H23NO2. The third kappa shape index (κ3) is 2.63. The van der Waals surface area contributed by atoms with Crippen LogP contribution in [0.5, 0.6) is 0 Å². The molecule has 0 atom stereocenters. The van der Waals surface area contributed by atoms with Gasteiger partial charge in [0.25, 0.3) is 0 Å². The number of anilines is 1. The molecule has 0 spiro atoms. The van der Waals surface area contributed by atoms with E-state index in [2.05, 4.69) is 29.2 Å². The van der Waals surface area contributed by atoms with Crippen LogP contribution in [0.1, 0.15) is 24.8 Å². The van der Waals surface area contributed by atoms with Gasteiger partial charge >= 0.3 is 0 Å². The van der Waals surface area contributed by atoms with Crippen LogP contribution in [0.15, 0.2) is 24.3 Å². The van der Waals surface area contributed by atoms with Crippen molar-refractivity contribution < 1.29 is 9.84 Å². The fourth-order valence-corrected chi connectivity index (χ4v) is 3.35. The molecule has 0 radical (unpaired) electrons. The highest BCUT2D eigenvalue weighted by Gasteiger charge is 2.35.